The van der Waals surface area contributed by atoms with Crippen LogP contribution in [0, 0.1) is 45.3 Å². The fourth-order valence-corrected chi connectivity index (χ4v) is 18.4. The number of carbonyl (C=O) groups is 2. The van der Waals surface area contributed by atoms with E-state index in [0.29, 0.717) is 11.6 Å². The normalized spacial score (nSPS) is 31.7. The van der Waals surface area contributed by atoms with Gasteiger partial charge >= 0.3 is 0 Å². The summed E-state index contributed by atoms with van der Waals surface area (Å²) in [5, 5.41) is 0. The Morgan fingerprint density at radius 3 is 0.583 bits per heavy atom. The predicted octanol–water partition coefficient (Wildman–Crippen LogP) is 23.5. The van der Waals surface area contributed by atoms with Crippen LogP contribution in [0.2, 0.25) is 0 Å². The summed E-state index contributed by atoms with van der Waals surface area (Å²) >= 11 is 28.8. The number of hydrogen-bond donors (Lipinski definition) is 0. The number of carbonyl (C=O) groups excluding carboxylic acids is 2. The first-order valence-electron chi connectivity index (χ1n) is 32.7. The molecule has 0 heterocycles. The average molecular weight is 1080 g/mol. The molecule has 6 rings (SSSR count). The van der Waals surface area contributed by atoms with Crippen LogP contribution < -0.4 is 0 Å². The molecule has 0 aromatic rings. The Morgan fingerprint density at radius 2 is 0.431 bits per heavy atom. The van der Waals surface area contributed by atoms with Gasteiger partial charge in [-0.05, 0) is 126 Å². The lowest BCUT2D eigenvalue weighted by molar-refractivity contribution is -0.172. The van der Waals surface area contributed by atoms with Crippen molar-refractivity contribution in [2.45, 2.75) is 357 Å². The zero-order chi connectivity index (χ0) is 51.8. The van der Waals surface area contributed by atoms with Crippen molar-refractivity contribution < 1.29 is 9.59 Å². The van der Waals surface area contributed by atoms with Gasteiger partial charge in [-0.25, -0.2) is 0 Å². The SMILES string of the molecule is CCCCCCCCCC1CCC2(CC1)C(=O)C1(CCC(CCCCCCCCC)CC1)C2(Cl)Cl.CCCCCCCCCCC1CCC2(CC1)C(=O)C1(CCC(CCCCCCCCCC)CC1)C2(Cl)Cl. The minimum absolute atomic E-state index is 0.432. The maximum atomic E-state index is 13.8. The van der Waals surface area contributed by atoms with Crippen molar-refractivity contribution in [2.75, 3.05) is 0 Å². The Bertz CT molecular complexity index is 1370. The van der Waals surface area contributed by atoms with Gasteiger partial charge in [-0.15, -0.1) is 0 Å². The van der Waals surface area contributed by atoms with E-state index < -0.39 is 30.3 Å². The first-order valence-corrected chi connectivity index (χ1v) is 34.2. The summed E-state index contributed by atoms with van der Waals surface area (Å²) in [6.07, 6.45) is 63.5. The summed E-state index contributed by atoms with van der Waals surface area (Å²) in [5.41, 5.74) is -1.73. The molecular formula is C66H116Cl4O2. The van der Waals surface area contributed by atoms with Crippen LogP contribution in [-0.4, -0.2) is 20.2 Å². The second-order valence-corrected chi connectivity index (χ2v) is 28.9. The highest BCUT2D eigenvalue weighted by Gasteiger charge is 2.80. The topological polar surface area (TPSA) is 34.1 Å². The molecule has 0 aromatic heterocycles. The molecule has 0 radical (unpaired) electrons. The minimum Gasteiger partial charge on any atom is -0.298 e. The molecule has 2 nitrogen and oxygen atoms in total. The second kappa shape index (κ2) is 32.5. The number of halogens is 4. The lowest BCUT2D eigenvalue weighted by atomic mass is 9.42. The van der Waals surface area contributed by atoms with Crippen molar-refractivity contribution in [3.8, 4) is 0 Å². The number of ketones is 2. The molecule has 6 aliphatic carbocycles. The molecule has 6 heteroatoms. The third-order valence-corrected chi connectivity index (χ3v) is 24.2. The van der Waals surface area contributed by atoms with Crippen LogP contribution in [0.5, 0.6) is 0 Å². The third-order valence-electron chi connectivity index (χ3n) is 21.3. The molecule has 0 aromatic carbocycles. The lowest BCUT2D eigenvalue weighted by Gasteiger charge is -2.67. The van der Waals surface area contributed by atoms with Crippen LogP contribution in [-0.2, 0) is 9.59 Å². The smallest absolute Gasteiger partial charge is 0.151 e. The molecule has 0 atom stereocenters. The Balaban J connectivity index is 0.000000268. The Kier molecular flexibility index (Phi) is 28.6. The van der Waals surface area contributed by atoms with Crippen molar-refractivity contribution in [2.24, 2.45) is 45.3 Å². The molecule has 4 spiro atoms. The second-order valence-electron chi connectivity index (χ2n) is 26.3. The Labute approximate surface area is 467 Å². The number of alkyl halides is 4. The number of Topliss-reactive ketones (excluding diaryl/α,β-unsaturated/α-hetero) is 2. The molecule has 0 amide bonds. The van der Waals surface area contributed by atoms with E-state index >= 15 is 0 Å². The van der Waals surface area contributed by atoms with Gasteiger partial charge in [0, 0.05) is 0 Å². The lowest BCUT2D eigenvalue weighted by Crippen LogP contribution is -2.74. The molecule has 0 N–H and O–H groups in total. The van der Waals surface area contributed by atoms with Crippen molar-refractivity contribution in [3.63, 3.8) is 0 Å². The zero-order valence-corrected chi connectivity index (χ0v) is 51.0. The van der Waals surface area contributed by atoms with Crippen LogP contribution in [0.4, 0.5) is 0 Å². The first-order chi connectivity index (χ1) is 34.9. The first kappa shape index (κ1) is 63.3. The van der Waals surface area contributed by atoms with E-state index in [1.807, 2.05) is 0 Å². The van der Waals surface area contributed by atoms with Gasteiger partial charge in [-0.3, -0.25) is 9.59 Å². The quantitative estimate of drug-likeness (QED) is 0.0475. The van der Waals surface area contributed by atoms with Gasteiger partial charge in [0.2, 0.25) is 0 Å². The van der Waals surface area contributed by atoms with Crippen LogP contribution in [0.3, 0.4) is 0 Å². The van der Waals surface area contributed by atoms with E-state index in [4.69, 9.17) is 46.4 Å². The van der Waals surface area contributed by atoms with E-state index in [1.54, 1.807) is 0 Å². The Morgan fingerprint density at radius 1 is 0.278 bits per heavy atom. The van der Waals surface area contributed by atoms with Crippen molar-refractivity contribution >= 4 is 58.0 Å². The molecule has 0 bridgehead atoms. The molecule has 0 saturated heterocycles. The number of unbranched alkanes of at least 4 members (excludes halogenated alkanes) is 26. The highest BCUT2D eigenvalue weighted by molar-refractivity contribution is 6.55. The average Bonchev–Trinajstić information content (AvgIpc) is 3.40. The van der Waals surface area contributed by atoms with Crippen LogP contribution in [0.15, 0.2) is 0 Å². The highest BCUT2D eigenvalue weighted by atomic mass is 35.5. The summed E-state index contributed by atoms with van der Waals surface area (Å²) in [5.74, 6) is 4.04. The van der Waals surface area contributed by atoms with Crippen LogP contribution >= 0.6 is 46.4 Å². The summed E-state index contributed by atoms with van der Waals surface area (Å²) < 4.78 is -1.66. The van der Waals surface area contributed by atoms with E-state index in [1.165, 1.54) is 218 Å². The third kappa shape index (κ3) is 15.9. The monoisotopic (exact) mass is 1080 g/mol. The molecule has 420 valence electrons. The number of rotatable bonds is 34. The Hall–Kier alpha value is 0.500. The fourth-order valence-electron chi connectivity index (χ4n) is 16.2. The molecule has 0 unspecified atom stereocenters. The van der Waals surface area contributed by atoms with Crippen LogP contribution in [0.1, 0.15) is 349 Å². The molecule has 0 aliphatic heterocycles. The highest BCUT2D eigenvalue weighted by Crippen LogP contribution is 2.76. The zero-order valence-electron chi connectivity index (χ0n) is 48.0. The van der Waals surface area contributed by atoms with Gasteiger partial charge in [0.15, 0.2) is 11.6 Å². The molecular weight excluding hydrogens is 967 g/mol. The van der Waals surface area contributed by atoms with Gasteiger partial charge < -0.3 is 0 Å². The van der Waals surface area contributed by atoms with Crippen LogP contribution in [0.25, 0.3) is 0 Å². The maximum absolute atomic E-state index is 13.8. The van der Waals surface area contributed by atoms with Gasteiger partial charge in [-0.2, -0.15) is 0 Å². The van der Waals surface area contributed by atoms with E-state index in [2.05, 4.69) is 27.7 Å². The largest absolute Gasteiger partial charge is 0.298 e. The minimum atomic E-state index is -0.829. The van der Waals surface area contributed by atoms with Gasteiger partial charge in [0.05, 0.1) is 21.7 Å². The molecule has 6 aliphatic rings. The van der Waals surface area contributed by atoms with Crippen molar-refractivity contribution in [3.05, 3.63) is 0 Å². The van der Waals surface area contributed by atoms with E-state index in [9.17, 15) is 9.59 Å². The van der Waals surface area contributed by atoms with E-state index in [-0.39, 0.29) is 0 Å². The van der Waals surface area contributed by atoms with Gasteiger partial charge in [-0.1, -0.05) is 292 Å². The fraction of sp³-hybridized carbons (Fsp3) is 0.970. The summed E-state index contributed by atoms with van der Waals surface area (Å²) in [4.78, 5) is 27.5. The number of hydrogen-bond acceptors (Lipinski definition) is 2. The maximum Gasteiger partial charge on any atom is 0.151 e. The van der Waals surface area contributed by atoms with E-state index in [0.717, 1.165) is 126 Å². The molecule has 72 heavy (non-hydrogen) atoms. The standard InChI is InChI=1S/C34H60Cl2O.C32H56Cl2O/c1-3-5-7-9-11-13-15-17-19-29-21-25-32(26-22-29)31(37)33(34(32,35)36)27-23-30(24-28-33)20-18-16-14-12-10-8-6-4-2;1-3-5-7-9-11-13-15-17-27-19-23-30(24-20-27)29(35)31(32(30,33)34)25-21-28(22-26-31)18-16-14-12-10-8-6-4-2/h29-30H,3-28H2,1-2H3;27-28H,3-26H2,1-2H3. The summed E-state index contributed by atoms with van der Waals surface area (Å²) in [6, 6.07) is 0. The van der Waals surface area contributed by atoms with Gasteiger partial charge in [0.1, 0.15) is 8.67 Å². The predicted molar refractivity (Wildman–Crippen MR) is 316 cm³/mol. The summed E-state index contributed by atoms with van der Waals surface area (Å²) in [7, 11) is 0. The van der Waals surface area contributed by atoms with Crippen molar-refractivity contribution in [1.82, 2.24) is 0 Å². The molecule has 6 saturated carbocycles. The van der Waals surface area contributed by atoms with Gasteiger partial charge in [0.25, 0.3) is 0 Å². The summed E-state index contributed by atoms with van der Waals surface area (Å²) in [6.45, 7) is 9.13. The van der Waals surface area contributed by atoms with Crippen molar-refractivity contribution in [1.29, 1.82) is 0 Å². The molecule has 6 fully saturated rings.